The summed E-state index contributed by atoms with van der Waals surface area (Å²) < 4.78 is 120. The first-order chi connectivity index (χ1) is 22.3. The fraction of sp³-hybridized carbons (Fsp3) is 0.189. The molecule has 0 saturated carbocycles. The van der Waals surface area contributed by atoms with Crippen molar-refractivity contribution >= 4 is 0 Å². The molecule has 0 bridgehead atoms. The topological polar surface area (TPSA) is 18.5 Å². The van der Waals surface area contributed by atoms with Crippen LogP contribution in [0.3, 0.4) is 0 Å². The van der Waals surface area contributed by atoms with Gasteiger partial charge in [-0.2, -0.15) is 8.78 Å². The summed E-state index contributed by atoms with van der Waals surface area (Å²) in [6.07, 6.45) is -5.09. The Bertz CT molecular complexity index is 1790. The molecule has 5 aromatic rings. The van der Waals surface area contributed by atoms with E-state index in [2.05, 4.69) is 16.4 Å². The van der Waals surface area contributed by atoms with E-state index in [4.69, 9.17) is 0 Å². The Kier molecular flexibility index (Phi) is 9.88. The van der Waals surface area contributed by atoms with E-state index in [1.165, 1.54) is 30.2 Å². The Morgan fingerprint density at radius 1 is 0.511 bits per heavy atom. The second-order valence-corrected chi connectivity index (χ2v) is 10.9. The molecule has 0 saturated heterocycles. The summed E-state index contributed by atoms with van der Waals surface area (Å²) >= 11 is 0. The molecule has 0 amide bonds. The maximum atomic E-state index is 15.2. The molecule has 244 valence electrons. The third kappa shape index (κ3) is 8.30. The molecular formula is C37H28F8O2. The standard InChI is InChI=1S/C37H28F8O2/c1-2-3-4-5-23-6-8-24(9-7-23)27-14-19-31(32(38)20-27)26-12-10-25(11-13-26)28-21-33(39)35(34(40)22-28)36(41,42)46-29-15-17-30(18-16-29)47-37(43,44)45/h6-22H,2-5H2,1H3. The van der Waals surface area contributed by atoms with Crippen molar-refractivity contribution in [2.24, 2.45) is 0 Å². The average molecular weight is 657 g/mol. The van der Waals surface area contributed by atoms with Crippen LogP contribution in [0, 0.1) is 17.5 Å². The van der Waals surface area contributed by atoms with Crippen molar-refractivity contribution in [1.82, 2.24) is 0 Å². The summed E-state index contributed by atoms with van der Waals surface area (Å²) in [5.74, 6) is -5.03. The van der Waals surface area contributed by atoms with Crippen molar-refractivity contribution in [1.29, 1.82) is 0 Å². The van der Waals surface area contributed by atoms with Crippen LogP contribution in [0.4, 0.5) is 35.1 Å². The van der Waals surface area contributed by atoms with E-state index in [1.54, 1.807) is 24.3 Å². The normalized spacial score (nSPS) is 11.9. The number of hydrogen-bond acceptors (Lipinski definition) is 2. The van der Waals surface area contributed by atoms with E-state index in [9.17, 15) is 30.7 Å². The lowest BCUT2D eigenvalue weighted by Gasteiger charge is -2.20. The van der Waals surface area contributed by atoms with Crippen molar-refractivity contribution in [3.05, 3.63) is 132 Å². The monoisotopic (exact) mass is 656 g/mol. The lowest BCUT2D eigenvalue weighted by molar-refractivity contribution is -0.274. The van der Waals surface area contributed by atoms with Crippen LogP contribution in [0.2, 0.25) is 0 Å². The van der Waals surface area contributed by atoms with Gasteiger partial charge in [0.05, 0.1) is 0 Å². The van der Waals surface area contributed by atoms with E-state index in [0.29, 0.717) is 41.0 Å². The van der Waals surface area contributed by atoms with Crippen LogP contribution in [-0.4, -0.2) is 6.36 Å². The summed E-state index contributed by atoms with van der Waals surface area (Å²) in [7, 11) is 0. The van der Waals surface area contributed by atoms with E-state index in [1.807, 2.05) is 24.3 Å². The molecule has 0 unspecified atom stereocenters. The van der Waals surface area contributed by atoms with Gasteiger partial charge >= 0.3 is 12.5 Å². The molecule has 0 N–H and O–H groups in total. The fourth-order valence-electron chi connectivity index (χ4n) is 5.14. The van der Waals surface area contributed by atoms with Gasteiger partial charge < -0.3 is 9.47 Å². The van der Waals surface area contributed by atoms with Crippen molar-refractivity contribution in [2.45, 2.75) is 45.1 Å². The molecule has 5 aromatic carbocycles. The van der Waals surface area contributed by atoms with Crippen LogP contribution >= 0.6 is 0 Å². The van der Waals surface area contributed by atoms with Crippen molar-refractivity contribution < 1.29 is 44.6 Å². The number of alkyl halides is 5. The molecule has 0 atom stereocenters. The van der Waals surface area contributed by atoms with Crippen LogP contribution in [0.1, 0.15) is 37.3 Å². The van der Waals surface area contributed by atoms with Gasteiger partial charge in [-0.1, -0.05) is 80.4 Å². The number of benzene rings is 5. The predicted octanol–water partition coefficient (Wildman–Crippen LogP) is 11.9. The first-order valence-electron chi connectivity index (χ1n) is 14.7. The third-order valence-corrected chi connectivity index (χ3v) is 7.49. The molecule has 0 radical (unpaired) electrons. The SMILES string of the molecule is CCCCCc1ccc(-c2ccc(-c3ccc(-c4cc(F)c(C(F)(F)Oc5ccc(OC(F)(F)F)cc5)c(F)c4)cc3)c(F)c2)cc1. The molecule has 0 aliphatic heterocycles. The maximum absolute atomic E-state index is 15.2. The molecule has 5 rings (SSSR count). The van der Waals surface area contributed by atoms with Gasteiger partial charge in [-0.15, -0.1) is 13.2 Å². The largest absolute Gasteiger partial charge is 0.573 e. The highest BCUT2D eigenvalue weighted by molar-refractivity contribution is 5.74. The van der Waals surface area contributed by atoms with Gasteiger partial charge in [0.15, 0.2) is 0 Å². The summed E-state index contributed by atoms with van der Waals surface area (Å²) in [4.78, 5) is 0. The van der Waals surface area contributed by atoms with Gasteiger partial charge in [-0.25, -0.2) is 13.2 Å². The van der Waals surface area contributed by atoms with Gasteiger partial charge in [-0.05, 0) is 88.7 Å². The quantitative estimate of drug-likeness (QED) is 0.104. The van der Waals surface area contributed by atoms with Crippen LogP contribution in [0.5, 0.6) is 11.5 Å². The van der Waals surface area contributed by atoms with Crippen LogP contribution in [0.15, 0.2) is 103 Å². The Morgan fingerprint density at radius 3 is 1.55 bits per heavy atom. The van der Waals surface area contributed by atoms with E-state index < -0.39 is 47.0 Å². The van der Waals surface area contributed by atoms with Crippen LogP contribution < -0.4 is 9.47 Å². The lowest BCUT2D eigenvalue weighted by atomic mass is 9.96. The molecule has 47 heavy (non-hydrogen) atoms. The third-order valence-electron chi connectivity index (χ3n) is 7.49. The molecule has 2 nitrogen and oxygen atoms in total. The Morgan fingerprint density at radius 2 is 1.00 bits per heavy atom. The zero-order valence-corrected chi connectivity index (χ0v) is 25.0. The maximum Gasteiger partial charge on any atom is 0.573 e. The van der Waals surface area contributed by atoms with Gasteiger partial charge in [0, 0.05) is 5.56 Å². The van der Waals surface area contributed by atoms with Crippen molar-refractivity contribution in [3.63, 3.8) is 0 Å². The summed E-state index contributed by atoms with van der Waals surface area (Å²) in [5, 5.41) is 0. The minimum absolute atomic E-state index is 0.0614. The number of rotatable bonds is 11. The molecule has 0 aliphatic carbocycles. The van der Waals surface area contributed by atoms with E-state index in [-0.39, 0.29) is 11.1 Å². The van der Waals surface area contributed by atoms with E-state index >= 15 is 4.39 Å². The number of ether oxygens (including phenoxy) is 2. The number of aryl methyl sites for hydroxylation is 1. The second-order valence-electron chi connectivity index (χ2n) is 10.9. The fourth-order valence-corrected chi connectivity index (χ4v) is 5.14. The molecule has 0 fully saturated rings. The zero-order valence-electron chi connectivity index (χ0n) is 25.0. The number of halogens is 8. The summed E-state index contributed by atoms with van der Waals surface area (Å²) in [5.41, 5.74) is 2.15. The first kappa shape index (κ1) is 33.5. The molecule has 0 heterocycles. The Hall–Kier alpha value is -4.86. The van der Waals surface area contributed by atoms with Gasteiger partial charge in [0.25, 0.3) is 0 Å². The van der Waals surface area contributed by atoms with Crippen LogP contribution in [0.25, 0.3) is 33.4 Å². The smallest absolute Gasteiger partial charge is 0.429 e. The summed E-state index contributed by atoms with van der Waals surface area (Å²) in [6.45, 7) is 2.15. The average Bonchev–Trinajstić information content (AvgIpc) is 3.01. The Labute approximate surface area is 266 Å². The minimum Gasteiger partial charge on any atom is -0.429 e. The predicted molar refractivity (Wildman–Crippen MR) is 163 cm³/mol. The van der Waals surface area contributed by atoms with Gasteiger partial charge in [0.1, 0.15) is 34.5 Å². The first-order valence-corrected chi connectivity index (χ1v) is 14.7. The van der Waals surface area contributed by atoms with E-state index in [0.717, 1.165) is 37.0 Å². The highest BCUT2D eigenvalue weighted by Gasteiger charge is 2.41. The molecule has 10 heteroatoms. The minimum atomic E-state index is -5.00. The highest BCUT2D eigenvalue weighted by atomic mass is 19.4. The second kappa shape index (κ2) is 13.9. The lowest BCUT2D eigenvalue weighted by Crippen LogP contribution is -2.25. The molecular weight excluding hydrogens is 628 g/mol. The van der Waals surface area contributed by atoms with Crippen molar-refractivity contribution in [3.8, 4) is 44.9 Å². The van der Waals surface area contributed by atoms with Gasteiger partial charge in [-0.3, -0.25) is 0 Å². The van der Waals surface area contributed by atoms with Gasteiger partial charge in [0.2, 0.25) is 0 Å². The highest BCUT2D eigenvalue weighted by Crippen LogP contribution is 2.38. The molecule has 0 aliphatic rings. The van der Waals surface area contributed by atoms with Crippen molar-refractivity contribution in [2.75, 3.05) is 0 Å². The Balaban J connectivity index is 1.30. The van der Waals surface area contributed by atoms with Crippen LogP contribution in [-0.2, 0) is 12.5 Å². The zero-order chi connectivity index (χ0) is 33.8. The number of unbranched alkanes of at least 4 members (excludes halogenated alkanes) is 2. The molecule has 0 spiro atoms. The molecule has 0 aromatic heterocycles. The number of hydrogen-bond donors (Lipinski definition) is 0. The summed E-state index contributed by atoms with van der Waals surface area (Å²) in [6, 6.07) is 23.3.